The van der Waals surface area contributed by atoms with Gasteiger partial charge in [0.2, 0.25) is 0 Å². The molecule has 0 saturated heterocycles. The van der Waals surface area contributed by atoms with Crippen LogP contribution in [0.1, 0.15) is 24.2 Å². The van der Waals surface area contributed by atoms with Crippen molar-refractivity contribution < 1.29 is 4.79 Å². The third-order valence-corrected chi connectivity index (χ3v) is 2.34. The van der Waals surface area contributed by atoms with E-state index >= 15 is 0 Å². The zero-order chi connectivity index (χ0) is 12.0. The lowest BCUT2D eigenvalue weighted by Crippen LogP contribution is -2.29. The topological polar surface area (TPSA) is 57.0 Å². The molecule has 84 valence electrons. The number of nitriles is 1. The smallest absolute Gasteiger partial charge is 0.153 e. The molecule has 0 radical (unpaired) electrons. The Balaban J connectivity index is 2.95. The molecule has 0 aromatic carbocycles. The quantitative estimate of drug-likeness (QED) is 0.706. The van der Waals surface area contributed by atoms with Crippen molar-refractivity contribution in [1.82, 2.24) is 4.98 Å². The standard InChI is InChI=1S/C12H15N3O/c1-3-15(8-10(2)7-13)12-11(9-16)5-4-6-14-12/h4-6,9-10H,3,8H2,1-2H3. The Hall–Kier alpha value is -1.89. The number of hydrogen-bond acceptors (Lipinski definition) is 4. The van der Waals surface area contributed by atoms with E-state index in [0.29, 0.717) is 17.9 Å². The normalized spacial score (nSPS) is 11.6. The van der Waals surface area contributed by atoms with Gasteiger partial charge in [0.1, 0.15) is 5.82 Å². The van der Waals surface area contributed by atoms with Crippen LogP contribution < -0.4 is 4.90 Å². The number of rotatable bonds is 5. The molecule has 0 bridgehead atoms. The lowest BCUT2D eigenvalue weighted by Gasteiger charge is -2.23. The number of carbonyl (C=O) groups excluding carboxylic acids is 1. The molecule has 4 heteroatoms. The van der Waals surface area contributed by atoms with Crippen molar-refractivity contribution in [2.75, 3.05) is 18.0 Å². The van der Waals surface area contributed by atoms with Crippen molar-refractivity contribution in [3.63, 3.8) is 0 Å². The predicted molar refractivity (Wildman–Crippen MR) is 62.3 cm³/mol. The van der Waals surface area contributed by atoms with E-state index in [1.54, 1.807) is 18.3 Å². The molecule has 1 aromatic rings. The van der Waals surface area contributed by atoms with Crippen LogP contribution in [0.3, 0.4) is 0 Å². The second-order valence-corrected chi connectivity index (χ2v) is 3.60. The average Bonchev–Trinajstić information content (AvgIpc) is 2.35. The maximum atomic E-state index is 10.9. The number of hydrogen-bond donors (Lipinski definition) is 0. The van der Waals surface area contributed by atoms with Crippen LogP contribution in [-0.2, 0) is 0 Å². The van der Waals surface area contributed by atoms with Gasteiger partial charge in [0.05, 0.1) is 17.6 Å². The minimum absolute atomic E-state index is 0.0820. The largest absolute Gasteiger partial charge is 0.355 e. The summed E-state index contributed by atoms with van der Waals surface area (Å²) in [5, 5.41) is 8.79. The molecular formula is C12H15N3O. The van der Waals surface area contributed by atoms with Crippen molar-refractivity contribution in [2.45, 2.75) is 13.8 Å². The number of aldehydes is 1. The Morgan fingerprint density at radius 1 is 1.69 bits per heavy atom. The Labute approximate surface area is 95.5 Å². The Kier molecular flexibility index (Phi) is 4.46. The fraction of sp³-hybridized carbons (Fsp3) is 0.417. The second kappa shape index (κ2) is 5.86. The van der Waals surface area contributed by atoms with Crippen LogP contribution in [0.4, 0.5) is 5.82 Å². The van der Waals surface area contributed by atoms with Gasteiger partial charge >= 0.3 is 0 Å². The highest BCUT2D eigenvalue weighted by molar-refractivity contribution is 5.82. The van der Waals surface area contributed by atoms with E-state index in [1.165, 1.54) is 0 Å². The highest BCUT2D eigenvalue weighted by Gasteiger charge is 2.13. The van der Waals surface area contributed by atoms with Crippen molar-refractivity contribution in [3.05, 3.63) is 23.9 Å². The SMILES string of the molecule is CCN(CC(C)C#N)c1ncccc1C=O. The summed E-state index contributed by atoms with van der Waals surface area (Å²) in [5.74, 6) is 0.573. The molecule has 0 aliphatic heterocycles. The summed E-state index contributed by atoms with van der Waals surface area (Å²) < 4.78 is 0. The lowest BCUT2D eigenvalue weighted by atomic mass is 10.2. The third-order valence-electron chi connectivity index (χ3n) is 2.34. The summed E-state index contributed by atoms with van der Waals surface area (Å²) in [4.78, 5) is 17.0. The van der Waals surface area contributed by atoms with Crippen LogP contribution >= 0.6 is 0 Å². The van der Waals surface area contributed by atoms with Gasteiger partial charge in [0.25, 0.3) is 0 Å². The summed E-state index contributed by atoms with van der Waals surface area (Å²) in [6.45, 7) is 5.15. The molecule has 0 spiro atoms. The number of anilines is 1. The first-order chi connectivity index (χ1) is 7.72. The Bertz CT molecular complexity index is 397. The van der Waals surface area contributed by atoms with Gasteiger partial charge in [-0.05, 0) is 26.0 Å². The molecule has 0 N–H and O–H groups in total. The molecule has 1 unspecified atom stereocenters. The average molecular weight is 217 g/mol. The first-order valence-electron chi connectivity index (χ1n) is 5.27. The number of carbonyl (C=O) groups is 1. The zero-order valence-electron chi connectivity index (χ0n) is 9.55. The molecule has 0 aliphatic carbocycles. The van der Waals surface area contributed by atoms with Gasteiger partial charge in [0.15, 0.2) is 6.29 Å². The van der Waals surface area contributed by atoms with Crippen LogP contribution in [0, 0.1) is 17.2 Å². The Morgan fingerprint density at radius 2 is 2.44 bits per heavy atom. The minimum Gasteiger partial charge on any atom is -0.355 e. The van der Waals surface area contributed by atoms with Gasteiger partial charge in [-0.15, -0.1) is 0 Å². The van der Waals surface area contributed by atoms with Gasteiger partial charge < -0.3 is 4.90 Å². The van der Waals surface area contributed by atoms with E-state index in [9.17, 15) is 4.79 Å². The van der Waals surface area contributed by atoms with Crippen LogP contribution in [-0.4, -0.2) is 24.4 Å². The molecule has 1 heterocycles. The molecule has 0 fully saturated rings. The fourth-order valence-corrected chi connectivity index (χ4v) is 1.50. The van der Waals surface area contributed by atoms with Crippen molar-refractivity contribution in [2.24, 2.45) is 5.92 Å². The molecule has 1 rings (SSSR count). The van der Waals surface area contributed by atoms with E-state index in [0.717, 1.165) is 12.8 Å². The van der Waals surface area contributed by atoms with Crippen molar-refractivity contribution in [1.29, 1.82) is 5.26 Å². The molecule has 0 amide bonds. The van der Waals surface area contributed by atoms with E-state index in [2.05, 4.69) is 11.1 Å². The van der Waals surface area contributed by atoms with Crippen LogP contribution in [0.25, 0.3) is 0 Å². The fourth-order valence-electron chi connectivity index (χ4n) is 1.50. The number of pyridine rings is 1. The maximum absolute atomic E-state index is 10.9. The minimum atomic E-state index is -0.0820. The van der Waals surface area contributed by atoms with E-state index in [4.69, 9.17) is 5.26 Å². The van der Waals surface area contributed by atoms with Crippen LogP contribution in [0.5, 0.6) is 0 Å². The Morgan fingerprint density at radius 3 is 3.00 bits per heavy atom. The molecule has 0 saturated carbocycles. The van der Waals surface area contributed by atoms with Gasteiger partial charge in [-0.3, -0.25) is 4.79 Å². The van der Waals surface area contributed by atoms with E-state index in [-0.39, 0.29) is 5.92 Å². The maximum Gasteiger partial charge on any atom is 0.153 e. The number of aromatic nitrogens is 1. The van der Waals surface area contributed by atoms with Crippen LogP contribution in [0.2, 0.25) is 0 Å². The molecule has 1 aromatic heterocycles. The highest BCUT2D eigenvalue weighted by Crippen LogP contribution is 2.16. The summed E-state index contributed by atoms with van der Waals surface area (Å²) in [6.07, 6.45) is 2.45. The first kappa shape index (κ1) is 12.2. The summed E-state index contributed by atoms with van der Waals surface area (Å²) >= 11 is 0. The van der Waals surface area contributed by atoms with Gasteiger partial charge in [-0.25, -0.2) is 4.98 Å². The van der Waals surface area contributed by atoms with Gasteiger partial charge in [0, 0.05) is 19.3 Å². The molecule has 1 atom stereocenters. The van der Waals surface area contributed by atoms with Crippen molar-refractivity contribution >= 4 is 12.1 Å². The van der Waals surface area contributed by atoms with Crippen molar-refractivity contribution in [3.8, 4) is 6.07 Å². The molecule has 4 nitrogen and oxygen atoms in total. The summed E-state index contributed by atoms with van der Waals surface area (Å²) in [6, 6.07) is 5.64. The lowest BCUT2D eigenvalue weighted by molar-refractivity contribution is 0.112. The first-order valence-corrected chi connectivity index (χ1v) is 5.27. The predicted octanol–water partition coefficient (Wildman–Crippen LogP) is 1.88. The summed E-state index contributed by atoms with van der Waals surface area (Å²) in [7, 11) is 0. The zero-order valence-corrected chi connectivity index (χ0v) is 9.55. The van der Waals surface area contributed by atoms with E-state index < -0.39 is 0 Å². The highest BCUT2D eigenvalue weighted by atomic mass is 16.1. The molecule has 16 heavy (non-hydrogen) atoms. The van der Waals surface area contributed by atoms with E-state index in [1.807, 2.05) is 18.7 Å². The van der Waals surface area contributed by atoms with Gasteiger partial charge in [-0.2, -0.15) is 5.26 Å². The molecule has 0 aliphatic rings. The van der Waals surface area contributed by atoms with Crippen LogP contribution in [0.15, 0.2) is 18.3 Å². The number of nitrogens with zero attached hydrogens (tertiary/aromatic N) is 3. The molecular weight excluding hydrogens is 202 g/mol. The summed E-state index contributed by atoms with van der Waals surface area (Å²) in [5.41, 5.74) is 0.564. The second-order valence-electron chi connectivity index (χ2n) is 3.60. The third kappa shape index (κ3) is 2.80. The monoisotopic (exact) mass is 217 g/mol. The van der Waals surface area contributed by atoms with Gasteiger partial charge in [-0.1, -0.05) is 0 Å².